The number of hydrogen-bond acceptors (Lipinski definition) is 4. The molecule has 0 bridgehead atoms. The molecule has 0 aliphatic heterocycles. The van der Waals surface area contributed by atoms with Crippen molar-refractivity contribution in [2.75, 3.05) is 7.11 Å². The third kappa shape index (κ3) is 1.81. The number of nitrogens with one attached hydrogen (secondary N) is 1. The molecule has 0 atom stereocenters. The van der Waals surface area contributed by atoms with Crippen LogP contribution in [0, 0.1) is 6.92 Å². The maximum Gasteiger partial charge on any atom is 0.345 e. The van der Waals surface area contributed by atoms with Crippen LogP contribution < -0.4 is 5.69 Å². The van der Waals surface area contributed by atoms with Crippen LogP contribution in [0.25, 0.3) is 0 Å². The lowest BCUT2D eigenvalue weighted by Crippen LogP contribution is -2.20. The molecule has 1 rings (SSSR count). The van der Waals surface area contributed by atoms with Gasteiger partial charge in [-0.2, -0.15) is 4.98 Å². The van der Waals surface area contributed by atoms with Crippen LogP contribution in [0.4, 0.5) is 0 Å². The summed E-state index contributed by atoms with van der Waals surface area (Å²) in [5, 5.41) is 0. The highest BCUT2D eigenvalue weighted by molar-refractivity contribution is 5.91. The Hall–Kier alpha value is -1.65. The number of ether oxygens (including phenoxy) is 1. The third-order valence-electron chi connectivity index (χ3n) is 1.92. The van der Waals surface area contributed by atoms with Crippen molar-refractivity contribution in [2.24, 2.45) is 0 Å². The topological polar surface area (TPSA) is 72.0 Å². The van der Waals surface area contributed by atoms with Crippen LogP contribution in [0.3, 0.4) is 0 Å². The van der Waals surface area contributed by atoms with E-state index in [0.29, 0.717) is 23.4 Å². The van der Waals surface area contributed by atoms with Crippen molar-refractivity contribution in [1.82, 2.24) is 9.97 Å². The molecule has 1 heterocycles. The van der Waals surface area contributed by atoms with Crippen LogP contribution in [0.2, 0.25) is 0 Å². The Balaban J connectivity index is 3.39. The highest BCUT2D eigenvalue weighted by atomic mass is 16.5. The molecule has 0 radical (unpaired) electrons. The first-order valence-corrected chi connectivity index (χ1v) is 4.28. The second-order valence-electron chi connectivity index (χ2n) is 2.83. The number of H-pyrrole nitrogens is 1. The first kappa shape index (κ1) is 10.4. The number of methoxy groups -OCH3 is 1. The molecule has 5 heteroatoms. The number of nitrogens with zero attached hydrogens (tertiary/aromatic N) is 1. The van der Waals surface area contributed by atoms with E-state index in [1.54, 1.807) is 6.92 Å². The molecule has 0 unspecified atom stereocenters. The van der Waals surface area contributed by atoms with E-state index in [1.807, 2.05) is 6.92 Å². The minimum absolute atomic E-state index is 0.356. The molecule has 1 N–H and O–H groups in total. The van der Waals surface area contributed by atoms with Gasteiger partial charge in [-0.3, -0.25) is 0 Å². The monoisotopic (exact) mass is 196 g/mol. The van der Waals surface area contributed by atoms with Gasteiger partial charge in [-0.1, -0.05) is 6.92 Å². The highest BCUT2D eigenvalue weighted by Crippen LogP contribution is 2.09. The predicted octanol–water partition coefficient (Wildman–Crippen LogP) is 0.427. The summed E-state index contributed by atoms with van der Waals surface area (Å²) in [5.41, 5.74) is 0.883. The number of carbonyl (C=O) groups is 1. The van der Waals surface area contributed by atoms with Crippen LogP contribution >= 0.6 is 0 Å². The van der Waals surface area contributed by atoms with Gasteiger partial charge in [-0.15, -0.1) is 0 Å². The quantitative estimate of drug-likeness (QED) is 0.696. The highest BCUT2D eigenvalue weighted by Gasteiger charge is 2.16. The SMILES string of the molecule is CCc1nc(=O)[nH]c(C)c1C(=O)OC. The normalized spacial score (nSPS) is 9.93. The molecule has 0 spiro atoms. The van der Waals surface area contributed by atoms with Gasteiger partial charge in [-0.05, 0) is 13.3 Å². The standard InChI is InChI=1S/C9H12N2O3/c1-4-6-7(8(12)14-3)5(2)10-9(13)11-6/h4H2,1-3H3,(H,10,11,13). The van der Waals surface area contributed by atoms with Crippen molar-refractivity contribution in [3.8, 4) is 0 Å². The minimum atomic E-state index is -0.469. The lowest BCUT2D eigenvalue weighted by molar-refractivity contribution is 0.0597. The maximum absolute atomic E-state index is 11.3. The Bertz CT molecular complexity index is 409. The molecule has 0 saturated carbocycles. The van der Waals surface area contributed by atoms with Crippen molar-refractivity contribution in [1.29, 1.82) is 0 Å². The van der Waals surface area contributed by atoms with Crippen molar-refractivity contribution in [3.05, 3.63) is 27.4 Å². The van der Waals surface area contributed by atoms with Gasteiger partial charge in [0.15, 0.2) is 0 Å². The molecular weight excluding hydrogens is 184 g/mol. The molecular formula is C9H12N2O3. The van der Waals surface area contributed by atoms with Gasteiger partial charge in [0, 0.05) is 5.69 Å². The summed E-state index contributed by atoms with van der Waals surface area (Å²) >= 11 is 0. The lowest BCUT2D eigenvalue weighted by Gasteiger charge is -2.06. The molecule has 14 heavy (non-hydrogen) atoms. The van der Waals surface area contributed by atoms with Crippen LogP contribution in [0.1, 0.15) is 28.7 Å². The van der Waals surface area contributed by atoms with Crippen molar-refractivity contribution >= 4 is 5.97 Å². The fourth-order valence-corrected chi connectivity index (χ4v) is 1.27. The van der Waals surface area contributed by atoms with Crippen molar-refractivity contribution in [3.63, 3.8) is 0 Å². The summed E-state index contributed by atoms with van der Waals surface area (Å²) in [6.07, 6.45) is 0.523. The smallest absolute Gasteiger partial charge is 0.345 e. The van der Waals surface area contributed by atoms with Gasteiger partial charge >= 0.3 is 11.7 Å². The molecule has 0 aliphatic carbocycles. The van der Waals surface area contributed by atoms with E-state index < -0.39 is 11.7 Å². The minimum Gasteiger partial charge on any atom is -0.465 e. The maximum atomic E-state index is 11.3. The molecule has 0 fully saturated rings. The Labute approximate surface area is 81.1 Å². The van der Waals surface area contributed by atoms with E-state index in [9.17, 15) is 9.59 Å². The van der Waals surface area contributed by atoms with E-state index in [-0.39, 0.29) is 0 Å². The van der Waals surface area contributed by atoms with E-state index in [4.69, 9.17) is 0 Å². The molecule has 1 aromatic heterocycles. The number of aryl methyl sites for hydroxylation is 2. The number of rotatable bonds is 2. The molecule has 5 nitrogen and oxygen atoms in total. The van der Waals surface area contributed by atoms with Crippen molar-refractivity contribution < 1.29 is 9.53 Å². The zero-order valence-corrected chi connectivity index (χ0v) is 8.38. The Kier molecular flexibility index (Phi) is 3.01. The predicted molar refractivity (Wildman–Crippen MR) is 50.3 cm³/mol. The van der Waals surface area contributed by atoms with E-state index >= 15 is 0 Å². The first-order chi connectivity index (χ1) is 6.60. The van der Waals surface area contributed by atoms with Gasteiger partial charge in [0.05, 0.1) is 12.8 Å². The average Bonchev–Trinajstić information content (AvgIpc) is 2.15. The second-order valence-corrected chi connectivity index (χ2v) is 2.83. The largest absolute Gasteiger partial charge is 0.465 e. The Morgan fingerprint density at radius 1 is 1.57 bits per heavy atom. The summed E-state index contributed by atoms with van der Waals surface area (Å²) in [6, 6.07) is 0. The molecule has 76 valence electrons. The van der Waals surface area contributed by atoms with E-state index in [0.717, 1.165) is 0 Å². The summed E-state index contributed by atoms with van der Waals surface area (Å²) < 4.78 is 4.60. The second kappa shape index (κ2) is 4.04. The molecule has 0 saturated heterocycles. The van der Waals surface area contributed by atoms with Gasteiger partial charge in [-0.25, -0.2) is 9.59 Å². The number of esters is 1. The molecule has 0 aliphatic rings. The Morgan fingerprint density at radius 3 is 2.71 bits per heavy atom. The van der Waals surface area contributed by atoms with Crippen LogP contribution in [-0.4, -0.2) is 23.0 Å². The Morgan fingerprint density at radius 2 is 2.21 bits per heavy atom. The van der Waals surface area contributed by atoms with Gasteiger partial charge in [0.25, 0.3) is 0 Å². The average molecular weight is 196 g/mol. The zero-order valence-electron chi connectivity index (χ0n) is 8.38. The lowest BCUT2D eigenvalue weighted by atomic mass is 10.1. The number of carbonyl (C=O) groups excluding carboxylic acids is 1. The van der Waals surface area contributed by atoms with Crippen LogP contribution in [0.15, 0.2) is 4.79 Å². The molecule has 0 aromatic carbocycles. The molecule has 1 aromatic rings. The fourth-order valence-electron chi connectivity index (χ4n) is 1.27. The number of aromatic amines is 1. The summed E-state index contributed by atoms with van der Waals surface area (Å²) in [5.74, 6) is -0.469. The first-order valence-electron chi connectivity index (χ1n) is 4.28. The third-order valence-corrected chi connectivity index (χ3v) is 1.92. The van der Waals surface area contributed by atoms with Crippen LogP contribution in [0.5, 0.6) is 0 Å². The van der Waals surface area contributed by atoms with Gasteiger partial charge < -0.3 is 9.72 Å². The number of hydrogen-bond donors (Lipinski definition) is 1. The van der Waals surface area contributed by atoms with E-state index in [2.05, 4.69) is 14.7 Å². The van der Waals surface area contributed by atoms with Crippen molar-refractivity contribution in [2.45, 2.75) is 20.3 Å². The van der Waals surface area contributed by atoms with E-state index in [1.165, 1.54) is 7.11 Å². The number of aromatic nitrogens is 2. The van der Waals surface area contributed by atoms with Crippen LogP contribution in [-0.2, 0) is 11.2 Å². The summed E-state index contributed by atoms with van der Waals surface area (Å²) in [6.45, 7) is 3.47. The summed E-state index contributed by atoms with van der Waals surface area (Å²) in [7, 11) is 1.30. The zero-order chi connectivity index (χ0) is 10.7. The fraction of sp³-hybridized carbons (Fsp3) is 0.444. The van der Waals surface area contributed by atoms with Gasteiger partial charge in [0.1, 0.15) is 5.56 Å². The summed E-state index contributed by atoms with van der Waals surface area (Å²) in [4.78, 5) is 28.5. The molecule has 0 amide bonds. The van der Waals surface area contributed by atoms with Gasteiger partial charge in [0.2, 0.25) is 0 Å².